The van der Waals surface area contributed by atoms with E-state index in [9.17, 15) is 4.79 Å². The molecule has 0 radical (unpaired) electrons. The summed E-state index contributed by atoms with van der Waals surface area (Å²) in [6, 6.07) is 5.78. The Labute approximate surface area is 144 Å². The highest BCUT2D eigenvalue weighted by molar-refractivity contribution is 5.85. The van der Waals surface area contributed by atoms with Crippen LogP contribution in [0, 0.1) is 5.92 Å². The van der Waals surface area contributed by atoms with Gasteiger partial charge in [0.25, 0.3) is 0 Å². The first-order valence-corrected chi connectivity index (χ1v) is 7.88. The maximum atomic E-state index is 12.3. The third-order valence-corrected chi connectivity index (χ3v) is 4.37. The average Bonchev–Trinajstić information content (AvgIpc) is 2.55. The average molecular weight is 343 g/mol. The number of methoxy groups -OCH3 is 2. The van der Waals surface area contributed by atoms with Crippen LogP contribution >= 0.6 is 12.4 Å². The third kappa shape index (κ3) is 5.29. The third-order valence-electron chi connectivity index (χ3n) is 4.37. The van der Waals surface area contributed by atoms with Crippen molar-refractivity contribution in [1.29, 1.82) is 0 Å². The van der Waals surface area contributed by atoms with E-state index in [0.717, 1.165) is 24.8 Å². The minimum Gasteiger partial charge on any atom is -0.493 e. The molecule has 1 aromatic rings. The lowest BCUT2D eigenvalue weighted by atomic mass is 9.84. The molecule has 130 valence electrons. The number of benzene rings is 1. The largest absolute Gasteiger partial charge is 0.493 e. The summed E-state index contributed by atoms with van der Waals surface area (Å²) in [4.78, 5) is 12.3. The summed E-state index contributed by atoms with van der Waals surface area (Å²) < 4.78 is 10.5. The fraction of sp³-hybridized carbons (Fsp3) is 0.588. The second kappa shape index (κ2) is 9.63. The zero-order valence-corrected chi connectivity index (χ0v) is 14.7. The number of nitrogens with one attached hydrogen (secondary N) is 1. The lowest BCUT2D eigenvalue weighted by Crippen LogP contribution is -2.45. The molecule has 0 bridgehead atoms. The maximum absolute atomic E-state index is 12.3. The second-order valence-electron chi connectivity index (χ2n) is 5.82. The van der Waals surface area contributed by atoms with Crippen LogP contribution in [0.2, 0.25) is 0 Å². The van der Waals surface area contributed by atoms with Gasteiger partial charge in [-0.2, -0.15) is 0 Å². The molecule has 2 unspecified atom stereocenters. The lowest BCUT2D eigenvalue weighted by molar-refractivity contribution is -0.121. The van der Waals surface area contributed by atoms with Crippen LogP contribution in [0.1, 0.15) is 31.2 Å². The molecule has 1 amide bonds. The molecule has 1 saturated carbocycles. The summed E-state index contributed by atoms with van der Waals surface area (Å²) >= 11 is 0. The van der Waals surface area contributed by atoms with E-state index in [0.29, 0.717) is 30.4 Å². The standard InChI is InChI=1S/C17H26N2O3.ClH/c1-21-15-8-7-12(9-16(15)22-2)10-17(20)19-14-6-4-3-5-13(14)11-18;/h7-9,13-14H,3-6,10-11,18H2,1-2H3,(H,19,20);1H. The van der Waals surface area contributed by atoms with E-state index in [1.54, 1.807) is 14.2 Å². The van der Waals surface area contributed by atoms with Gasteiger partial charge in [0.2, 0.25) is 5.91 Å². The predicted octanol–water partition coefficient (Wildman–Crippen LogP) is 2.30. The predicted molar refractivity (Wildman–Crippen MR) is 93.4 cm³/mol. The zero-order valence-electron chi connectivity index (χ0n) is 13.8. The van der Waals surface area contributed by atoms with Crippen molar-refractivity contribution < 1.29 is 14.3 Å². The number of hydrogen-bond donors (Lipinski definition) is 2. The summed E-state index contributed by atoms with van der Waals surface area (Å²) in [5, 5.41) is 3.14. The van der Waals surface area contributed by atoms with Gasteiger partial charge < -0.3 is 20.5 Å². The van der Waals surface area contributed by atoms with Gasteiger partial charge in [0, 0.05) is 6.04 Å². The fourth-order valence-corrected chi connectivity index (χ4v) is 3.11. The molecule has 5 nitrogen and oxygen atoms in total. The molecule has 3 N–H and O–H groups in total. The van der Waals surface area contributed by atoms with E-state index in [-0.39, 0.29) is 24.4 Å². The van der Waals surface area contributed by atoms with Crippen molar-refractivity contribution in [2.24, 2.45) is 11.7 Å². The molecule has 1 aliphatic carbocycles. The van der Waals surface area contributed by atoms with Crippen molar-refractivity contribution >= 4 is 18.3 Å². The van der Waals surface area contributed by atoms with E-state index in [1.807, 2.05) is 18.2 Å². The monoisotopic (exact) mass is 342 g/mol. The number of rotatable bonds is 6. The first-order valence-electron chi connectivity index (χ1n) is 7.88. The second-order valence-corrected chi connectivity index (χ2v) is 5.82. The van der Waals surface area contributed by atoms with Gasteiger partial charge >= 0.3 is 0 Å². The Morgan fingerprint density at radius 2 is 1.91 bits per heavy atom. The van der Waals surface area contributed by atoms with E-state index in [1.165, 1.54) is 6.42 Å². The molecular weight excluding hydrogens is 316 g/mol. The van der Waals surface area contributed by atoms with Crippen LogP contribution in [0.3, 0.4) is 0 Å². The molecule has 1 aromatic carbocycles. The van der Waals surface area contributed by atoms with E-state index >= 15 is 0 Å². The van der Waals surface area contributed by atoms with Crippen molar-refractivity contribution in [3.63, 3.8) is 0 Å². The molecule has 2 atom stereocenters. The van der Waals surface area contributed by atoms with Gasteiger partial charge in [-0.25, -0.2) is 0 Å². The van der Waals surface area contributed by atoms with E-state index < -0.39 is 0 Å². The lowest BCUT2D eigenvalue weighted by Gasteiger charge is -2.31. The zero-order chi connectivity index (χ0) is 15.9. The Morgan fingerprint density at radius 3 is 2.57 bits per heavy atom. The molecule has 23 heavy (non-hydrogen) atoms. The number of nitrogens with two attached hydrogens (primary N) is 1. The van der Waals surface area contributed by atoms with Gasteiger partial charge in [0.15, 0.2) is 11.5 Å². The summed E-state index contributed by atoms with van der Waals surface area (Å²) in [5.74, 6) is 1.76. The van der Waals surface area contributed by atoms with Crippen LogP contribution in [0.5, 0.6) is 11.5 Å². The van der Waals surface area contributed by atoms with Crippen LogP contribution in [0.25, 0.3) is 0 Å². The van der Waals surface area contributed by atoms with Crippen molar-refractivity contribution in [1.82, 2.24) is 5.32 Å². The van der Waals surface area contributed by atoms with Crippen LogP contribution in [-0.4, -0.2) is 32.7 Å². The summed E-state index contributed by atoms with van der Waals surface area (Å²) in [7, 11) is 3.19. The normalized spacial score (nSPS) is 20.3. The van der Waals surface area contributed by atoms with E-state index in [4.69, 9.17) is 15.2 Å². The van der Waals surface area contributed by atoms with Crippen molar-refractivity contribution in [3.8, 4) is 11.5 Å². The Balaban J connectivity index is 0.00000264. The summed E-state index contributed by atoms with van der Waals surface area (Å²) in [5.41, 5.74) is 6.72. The number of carbonyl (C=O) groups excluding carboxylic acids is 1. The van der Waals surface area contributed by atoms with Crippen LogP contribution < -0.4 is 20.5 Å². The first-order chi connectivity index (χ1) is 10.7. The SMILES string of the molecule is COc1ccc(CC(=O)NC2CCCCC2CN)cc1OC.Cl. The smallest absolute Gasteiger partial charge is 0.224 e. The molecule has 0 saturated heterocycles. The van der Waals surface area contributed by atoms with Gasteiger partial charge in [0.05, 0.1) is 20.6 Å². The molecule has 0 aromatic heterocycles. The van der Waals surface area contributed by atoms with Crippen LogP contribution in [0.15, 0.2) is 18.2 Å². The van der Waals surface area contributed by atoms with Gasteiger partial charge in [-0.3, -0.25) is 4.79 Å². The highest BCUT2D eigenvalue weighted by Crippen LogP contribution is 2.28. The summed E-state index contributed by atoms with van der Waals surface area (Å²) in [6.45, 7) is 0.640. The number of amides is 1. The molecule has 1 aliphatic rings. The molecule has 0 spiro atoms. The van der Waals surface area contributed by atoms with Crippen molar-refractivity contribution in [3.05, 3.63) is 23.8 Å². The minimum absolute atomic E-state index is 0. The quantitative estimate of drug-likeness (QED) is 0.832. The highest BCUT2D eigenvalue weighted by Gasteiger charge is 2.25. The molecule has 2 rings (SSSR count). The van der Waals surface area contributed by atoms with E-state index in [2.05, 4.69) is 5.32 Å². The number of halogens is 1. The van der Waals surface area contributed by atoms with Gasteiger partial charge in [0.1, 0.15) is 0 Å². The van der Waals surface area contributed by atoms with Crippen molar-refractivity contribution in [2.45, 2.75) is 38.1 Å². The Morgan fingerprint density at radius 1 is 1.22 bits per heavy atom. The van der Waals surface area contributed by atoms with Crippen LogP contribution in [-0.2, 0) is 11.2 Å². The van der Waals surface area contributed by atoms with Gasteiger partial charge in [-0.05, 0) is 43.0 Å². The Hall–Kier alpha value is -1.46. The maximum Gasteiger partial charge on any atom is 0.224 e. The fourth-order valence-electron chi connectivity index (χ4n) is 3.11. The number of hydrogen-bond acceptors (Lipinski definition) is 4. The molecule has 1 fully saturated rings. The molecule has 0 aliphatic heterocycles. The Kier molecular flexibility index (Phi) is 8.20. The molecule has 6 heteroatoms. The number of carbonyl (C=O) groups is 1. The number of ether oxygens (including phenoxy) is 2. The van der Waals surface area contributed by atoms with Crippen molar-refractivity contribution in [2.75, 3.05) is 20.8 Å². The molecular formula is C17H27ClN2O3. The highest BCUT2D eigenvalue weighted by atomic mass is 35.5. The summed E-state index contributed by atoms with van der Waals surface area (Å²) in [6.07, 6.45) is 4.85. The van der Waals surface area contributed by atoms with Crippen LogP contribution in [0.4, 0.5) is 0 Å². The topological polar surface area (TPSA) is 73.6 Å². The minimum atomic E-state index is 0. The first kappa shape index (κ1) is 19.6. The van der Waals surface area contributed by atoms with Gasteiger partial charge in [-0.15, -0.1) is 12.4 Å². The van der Waals surface area contributed by atoms with Gasteiger partial charge in [-0.1, -0.05) is 18.9 Å². The molecule has 0 heterocycles. The Bertz CT molecular complexity index is 511.